The molecule has 4 heteroatoms. The Labute approximate surface area is 69.5 Å². The van der Waals surface area contributed by atoms with Gasteiger partial charge in [-0.25, -0.2) is 9.18 Å². The largest absolute Gasteiger partial charge is 0.461 e. The summed E-state index contributed by atoms with van der Waals surface area (Å²) in [5.41, 5.74) is 0.505. The molecule has 1 N–H and O–H groups in total. The summed E-state index contributed by atoms with van der Waals surface area (Å²) < 4.78 is 17.5. The summed E-state index contributed by atoms with van der Waals surface area (Å²) in [7, 11) is 0. The van der Waals surface area contributed by atoms with E-state index in [1.807, 2.05) is 0 Å². The highest BCUT2D eigenvalue weighted by atomic mass is 19.1. The van der Waals surface area contributed by atoms with Gasteiger partial charge in [0, 0.05) is 5.69 Å². The number of halogens is 1. The van der Waals surface area contributed by atoms with Crippen LogP contribution in [0.5, 0.6) is 0 Å². The van der Waals surface area contributed by atoms with Crippen LogP contribution in [0.1, 0.15) is 23.1 Å². The second-order valence-electron chi connectivity index (χ2n) is 2.40. The Kier molecular flexibility index (Phi) is 2.47. The van der Waals surface area contributed by atoms with Gasteiger partial charge in [0.25, 0.3) is 0 Å². The van der Waals surface area contributed by atoms with Gasteiger partial charge in [0.2, 0.25) is 0 Å². The van der Waals surface area contributed by atoms with Crippen LogP contribution in [0.15, 0.2) is 6.07 Å². The zero-order chi connectivity index (χ0) is 9.14. The van der Waals surface area contributed by atoms with E-state index in [0.717, 1.165) is 0 Å². The molecule has 0 bridgehead atoms. The van der Waals surface area contributed by atoms with Crippen LogP contribution in [0, 0.1) is 12.7 Å². The molecule has 0 aliphatic carbocycles. The predicted octanol–water partition coefficient (Wildman–Crippen LogP) is 1.64. The maximum atomic E-state index is 12.9. The molecule has 66 valence electrons. The molecule has 0 saturated carbocycles. The number of ether oxygens (including phenoxy) is 1. The van der Waals surface area contributed by atoms with Crippen molar-refractivity contribution in [2.24, 2.45) is 0 Å². The first kappa shape index (κ1) is 8.77. The molecule has 0 aliphatic heterocycles. The molecule has 0 spiro atoms. The number of esters is 1. The van der Waals surface area contributed by atoms with Crippen LogP contribution in [0.3, 0.4) is 0 Å². The van der Waals surface area contributed by atoms with Crippen LogP contribution in [0.25, 0.3) is 0 Å². The van der Waals surface area contributed by atoms with Crippen molar-refractivity contribution in [3.05, 3.63) is 23.3 Å². The number of nitrogens with one attached hydrogen (secondary N) is 1. The standard InChI is InChI=1S/C8H10FNO2/c1-3-12-8(11)7-6(9)4-5(2)10-7/h4,10H,3H2,1-2H3. The summed E-state index contributed by atoms with van der Waals surface area (Å²) in [6.07, 6.45) is 0. The van der Waals surface area contributed by atoms with Crippen LogP contribution in [0.4, 0.5) is 4.39 Å². The molecule has 1 aromatic rings. The number of aromatic amines is 1. The average Bonchev–Trinajstić information content (AvgIpc) is 2.30. The highest BCUT2D eigenvalue weighted by Gasteiger charge is 2.14. The quantitative estimate of drug-likeness (QED) is 0.687. The third-order valence-electron chi connectivity index (χ3n) is 1.38. The average molecular weight is 171 g/mol. The fourth-order valence-electron chi connectivity index (χ4n) is 0.907. The molecule has 1 heterocycles. The Balaban J connectivity index is 2.87. The maximum absolute atomic E-state index is 12.9. The monoisotopic (exact) mass is 171 g/mol. The molecular formula is C8H10FNO2. The Morgan fingerprint density at radius 2 is 2.42 bits per heavy atom. The zero-order valence-electron chi connectivity index (χ0n) is 6.98. The van der Waals surface area contributed by atoms with Gasteiger partial charge in [-0.15, -0.1) is 0 Å². The molecule has 0 amide bonds. The van der Waals surface area contributed by atoms with Crippen LogP contribution < -0.4 is 0 Å². The molecule has 0 saturated heterocycles. The second kappa shape index (κ2) is 3.38. The SMILES string of the molecule is CCOC(=O)c1[nH]c(C)cc1F. The number of aromatic nitrogens is 1. The normalized spacial score (nSPS) is 9.92. The molecule has 0 aromatic carbocycles. The highest BCUT2D eigenvalue weighted by molar-refractivity contribution is 5.87. The van der Waals surface area contributed by atoms with E-state index in [0.29, 0.717) is 5.69 Å². The molecular weight excluding hydrogens is 161 g/mol. The molecule has 0 unspecified atom stereocenters. The lowest BCUT2D eigenvalue weighted by Crippen LogP contribution is -2.06. The molecule has 3 nitrogen and oxygen atoms in total. The Hall–Kier alpha value is -1.32. The van der Waals surface area contributed by atoms with Crippen LogP contribution in [-0.4, -0.2) is 17.6 Å². The van der Waals surface area contributed by atoms with Crippen molar-refractivity contribution in [2.75, 3.05) is 6.61 Å². The van der Waals surface area contributed by atoms with Crippen molar-refractivity contribution in [3.63, 3.8) is 0 Å². The van der Waals surface area contributed by atoms with Crippen molar-refractivity contribution in [1.29, 1.82) is 0 Å². The molecule has 1 rings (SSSR count). The van der Waals surface area contributed by atoms with E-state index in [9.17, 15) is 9.18 Å². The first-order chi connectivity index (χ1) is 5.65. The number of aryl methyl sites for hydroxylation is 1. The minimum absolute atomic E-state index is 0.102. The van der Waals surface area contributed by atoms with Crippen LogP contribution in [0.2, 0.25) is 0 Å². The number of hydrogen-bond acceptors (Lipinski definition) is 2. The van der Waals surface area contributed by atoms with Crippen molar-refractivity contribution in [2.45, 2.75) is 13.8 Å². The van der Waals surface area contributed by atoms with Gasteiger partial charge < -0.3 is 9.72 Å². The highest BCUT2D eigenvalue weighted by Crippen LogP contribution is 2.09. The topological polar surface area (TPSA) is 42.1 Å². The van der Waals surface area contributed by atoms with E-state index >= 15 is 0 Å². The predicted molar refractivity (Wildman–Crippen MR) is 41.4 cm³/mol. The number of H-pyrrole nitrogens is 1. The van der Waals surface area contributed by atoms with Gasteiger partial charge in [-0.3, -0.25) is 0 Å². The van der Waals surface area contributed by atoms with Crippen molar-refractivity contribution in [3.8, 4) is 0 Å². The van der Waals surface area contributed by atoms with Gasteiger partial charge in [0.15, 0.2) is 11.5 Å². The molecule has 0 atom stereocenters. The molecule has 12 heavy (non-hydrogen) atoms. The first-order valence-corrected chi connectivity index (χ1v) is 3.67. The summed E-state index contributed by atoms with van der Waals surface area (Å²) >= 11 is 0. The maximum Gasteiger partial charge on any atom is 0.357 e. The van der Waals surface area contributed by atoms with Crippen LogP contribution >= 0.6 is 0 Å². The smallest absolute Gasteiger partial charge is 0.357 e. The van der Waals surface area contributed by atoms with Gasteiger partial charge in [0.05, 0.1) is 6.61 Å². The van der Waals surface area contributed by atoms with Gasteiger partial charge in [-0.05, 0) is 19.9 Å². The van der Waals surface area contributed by atoms with E-state index in [2.05, 4.69) is 9.72 Å². The van der Waals surface area contributed by atoms with E-state index in [1.54, 1.807) is 13.8 Å². The third-order valence-corrected chi connectivity index (χ3v) is 1.38. The fraction of sp³-hybridized carbons (Fsp3) is 0.375. The Bertz CT molecular complexity index is 293. The number of hydrogen-bond donors (Lipinski definition) is 1. The van der Waals surface area contributed by atoms with E-state index in [4.69, 9.17) is 0 Å². The van der Waals surface area contributed by atoms with Gasteiger partial charge in [-0.2, -0.15) is 0 Å². The lowest BCUT2D eigenvalue weighted by Gasteiger charge is -1.97. The number of carbonyl (C=O) groups excluding carboxylic acids is 1. The number of rotatable bonds is 2. The number of carbonyl (C=O) groups is 1. The minimum atomic E-state index is -0.650. The lowest BCUT2D eigenvalue weighted by atomic mass is 10.4. The summed E-state index contributed by atoms with van der Waals surface area (Å²) in [6.45, 7) is 3.59. The molecule has 0 radical (unpaired) electrons. The van der Waals surface area contributed by atoms with Crippen molar-refractivity contribution in [1.82, 2.24) is 4.98 Å². The summed E-state index contributed by atoms with van der Waals surface area (Å²) in [6, 6.07) is 1.26. The Morgan fingerprint density at radius 3 is 2.83 bits per heavy atom. The molecule has 0 aliphatic rings. The van der Waals surface area contributed by atoms with Crippen LogP contribution in [-0.2, 0) is 4.74 Å². The van der Waals surface area contributed by atoms with E-state index in [-0.39, 0.29) is 12.3 Å². The molecule has 1 aromatic heterocycles. The van der Waals surface area contributed by atoms with E-state index in [1.165, 1.54) is 6.07 Å². The van der Waals surface area contributed by atoms with E-state index < -0.39 is 11.8 Å². The first-order valence-electron chi connectivity index (χ1n) is 3.67. The summed E-state index contributed by atoms with van der Waals surface area (Å²) in [4.78, 5) is 13.6. The molecule has 0 fully saturated rings. The Morgan fingerprint density at radius 1 is 1.75 bits per heavy atom. The fourth-order valence-corrected chi connectivity index (χ4v) is 0.907. The summed E-state index contributed by atoms with van der Waals surface area (Å²) in [5, 5.41) is 0. The lowest BCUT2D eigenvalue weighted by molar-refractivity contribution is 0.0515. The van der Waals surface area contributed by atoms with Gasteiger partial charge in [-0.1, -0.05) is 0 Å². The third kappa shape index (κ3) is 1.64. The van der Waals surface area contributed by atoms with Gasteiger partial charge in [0.1, 0.15) is 0 Å². The zero-order valence-corrected chi connectivity index (χ0v) is 6.98. The second-order valence-corrected chi connectivity index (χ2v) is 2.40. The minimum Gasteiger partial charge on any atom is -0.461 e. The van der Waals surface area contributed by atoms with Crippen molar-refractivity contribution < 1.29 is 13.9 Å². The van der Waals surface area contributed by atoms with Gasteiger partial charge >= 0.3 is 5.97 Å². The summed E-state index contributed by atoms with van der Waals surface area (Å²) in [5.74, 6) is -1.21. The van der Waals surface area contributed by atoms with Crippen molar-refractivity contribution >= 4 is 5.97 Å².